The fourth-order valence-electron chi connectivity index (χ4n) is 3.16. The Morgan fingerprint density at radius 1 is 1.27 bits per heavy atom. The molecular weight excluding hydrogens is 399 g/mol. The summed E-state index contributed by atoms with van der Waals surface area (Å²) in [5, 5.41) is 12.9. The van der Waals surface area contributed by atoms with E-state index in [1.54, 1.807) is 19.1 Å². The Balaban J connectivity index is 2.25. The Morgan fingerprint density at radius 3 is 2.57 bits per heavy atom. The summed E-state index contributed by atoms with van der Waals surface area (Å²) in [5.74, 6) is -1.60. The van der Waals surface area contributed by atoms with E-state index >= 15 is 0 Å². The van der Waals surface area contributed by atoms with E-state index < -0.39 is 34.5 Å². The number of rotatable bonds is 4. The molecule has 1 amide bonds. The normalized spacial score (nSPS) is 11.8. The van der Waals surface area contributed by atoms with Gasteiger partial charge in [0.25, 0.3) is 11.5 Å². The van der Waals surface area contributed by atoms with Crippen molar-refractivity contribution in [2.24, 2.45) is 5.92 Å². The average Bonchev–Trinajstić information content (AvgIpc) is 2.66. The maximum absolute atomic E-state index is 13.2. The predicted molar refractivity (Wildman–Crippen MR) is 107 cm³/mol. The van der Waals surface area contributed by atoms with Gasteiger partial charge in [0.2, 0.25) is 0 Å². The van der Waals surface area contributed by atoms with Crippen molar-refractivity contribution in [3.05, 3.63) is 63.6 Å². The summed E-state index contributed by atoms with van der Waals surface area (Å²) < 4.78 is 40.8. The molecule has 6 nitrogen and oxygen atoms in total. The minimum absolute atomic E-state index is 0.0355. The van der Waals surface area contributed by atoms with Gasteiger partial charge in [0.05, 0.1) is 11.1 Å². The molecule has 3 rings (SSSR count). The van der Waals surface area contributed by atoms with Crippen LogP contribution in [0, 0.1) is 12.8 Å². The molecule has 0 saturated carbocycles. The van der Waals surface area contributed by atoms with Crippen LogP contribution in [-0.4, -0.2) is 20.6 Å². The van der Waals surface area contributed by atoms with Gasteiger partial charge in [-0.05, 0) is 42.7 Å². The van der Waals surface area contributed by atoms with Crippen molar-refractivity contribution in [2.75, 3.05) is 5.32 Å². The molecule has 30 heavy (non-hydrogen) atoms. The number of nitrogens with one attached hydrogen (secondary N) is 1. The van der Waals surface area contributed by atoms with Gasteiger partial charge >= 0.3 is 6.18 Å². The molecule has 1 aromatic carbocycles. The molecule has 0 saturated heterocycles. The lowest BCUT2D eigenvalue weighted by Gasteiger charge is -2.18. The molecule has 0 aliphatic heterocycles. The van der Waals surface area contributed by atoms with E-state index in [0.717, 1.165) is 18.2 Å². The summed E-state index contributed by atoms with van der Waals surface area (Å²) in [5.41, 5.74) is -1.68. The number of halogens is 3. The molecule has 9 heteroatoms. The van der Waals surface area contributed by atoms with E-state index in [1.165, 1.54) is 10.8 Å². The first-order valence-electron chi connectivity index (χ1n) is 9.20. The number of amides is 1. The molecule has 2 heterocycles. The number of benzene rings is 1. The van der Waals surface area contributed by atoms with Gasteiger partial charge in [-0.3, -0.25) is 9.59 Å². The highest BCUT2D eigenvalue weighted by Crippen LogP contribution is 2.35. The summed E-state index contributed by atoms with van der Waals surface area (Å²) in [6, 6.07) is 6.06. The second-order valence-corrected chi connectivity index (χ2v) is 7.39. The number of hydrogen-bond donors (Lipinski definition) is 2. The summed E-state index contributed by atoms with van der Waals surface area (Å²) in [4.78, 5) is 29.9. The van der Waals surface area contributed by atoms with Gasteiger partial charge in [0.15, 0.2) is 0 Å². The van der Waals surface area contributed by atoms with E-state index in [-0.39, 0.29) is 29.2 Å². The van der Waals surface area contributed by atoms with Crippen molar-refractivity contribution in [2.45, 2.75) is 33.5 Å². The highest BCUT2D eigenvalue weighted by molar-refractivity contribution is 6.09. The van der Waals surface area contributed by atoms with Crippen molar-refractivity contribution in [1.82, 2.24) is 9.55 Å². The molecule has 158 valence electrons. The van der Waals surface area contributed by atoms with Gasteiger partial charge in [0.1, 0.15) is 17.1 Å². The lowest BCUT2D eigenvalue weighted by molar-refractivity contribution is -0.137. The van der Waals surface area contributed by atoms with Crippen molar-refractivity contribution >= 4 is 22.6 Å². The number of nitrogens with zero attached hydrogens (tertiary/aromatic N) is 2. The van der Waals surface area contributed by atoms with Gasteiger partial charge in [0, 0.05) is 18.1 Å². The predicted octanol–water partition coefficient (Wildman–Crippen LogP) is 4.34. The SMILES string of the molecule is Cc1cccnc1NC(=O)c1c(O)c2cc(C(F)(F)F)ccc2n(CC(C)C)c1=O. The van der Waals surface area contributed by atoms with E-state index in [4.69, 9.17) is 0 Å². The molecule has 3 aromatic rings. The van der Waals surface area contributed by atoms with E-state index in [0.29, 0.717) is 5.56 Å². The fraction of sp³-hybridized carbons (Fsp3) is 0.286. The lowest BCUT2D eigenvalue weighted by atomic mass is 10.0. The Bertz CT molecular complexity index is 1180. The second kappa shape index (κ2) is 7.81. The van der Waals surface area contributed by atoms with E-state index in [1.807, 2.05) is 13.8 Å². The maximum Gasteiger partial charge on any atom is 0.416 e. The van der Waals surface area contributed by atoms with Crippen LogP contribution < -0.4 is 10.9 Å². The number of pyridine rings is 2. The third kappa shape index (κ3) is 4.00. The molecule has 0 spiro atoms. The maximum atomic E-state index is 13.2. The molecule has 0 aliphatic carbocycles. The van der Waals surface area contributed by atoms with Crippen LogP contribution in [0.3, 0.4) is 0 Å². The van der Waals surface area contributed by atoms with Crippen LogP contribution in [-0.2, 0) is 12.7 Å². The molecular formula is C21H20F3N3O3. The molecule has 0 fully saturated rings. The Kier molecular flexibility index (Phi) is 5.56. The summed E-state index contributed by atoms with van der Waals surface area (Å²) >= 11 is 0. The molecule has 0 atom stereocenters. The van der Waals surface area contributed by atoms with Gasteiger partial charge in [-0.25, -0.2) is 4.98 Å². The van der Waals surface area contributed by atoms with Crippen LogP contribution >= 0.6 is 0 Å². The van der Waals surface area contributed by atoms with Crippen LogP contribution in [0.15, 0.2) is 41.3 Å². The highest BCUT2D eigenvalue weighted by Gasteiger charge is 2.32. The smallest absolute Gasteiger partial charge is 0.416 e. The minimum atomic E-state index is -4.65. The topological polar surface area (TPSA) is 84.2 Å². The third-order valence-electron chi connectivity index (χ3n) is 4.58. The molecule has 0 bridgehead atoms. The Hall–Kier alpha value is -3.36. The van der Waals surface area contributed by atoms with Crippen LogP contribution in [0.2, 0.25) is 0 Å². The minimum Gasteiger partial charge on any atom is -0.506 e. The average molecular weight is 419 g/mol. The molecule has 2 N–H and O–H groups in total. The Labute approximate surface area is 170 Å². The largest absolute Gasteiger partial charge is 0.506 e. The van der Waals surface area contributed by atoms with Crippen LogP contribution in [0.1, 0.15) is 35.3 Å². The fourth-order valence-corrected chi connectivity index (χ4v) is 3.16. The zero-order valence-corrected chi connectivity index (χ0v) is 16.5. The van der Waals surface area contributed by atoms with E-state index in [9.17, 15) is 27.9 Å². The van der Waals surface area contributed by atoms with Crippen LogP contribution in [0.5, 0.6) is 5.75 Å². The van der Waals surface area contributed by atoms with Crippen molar-refractivity contribution in [1.29, 1.82) is 0 Å². The third-order valence-corrected chi connectivity index (χ3v) is 4.58. The number of fused-ring (bicyclic) bond motifs is 1. The standard InChI is InChI=1S/C21H20F3N3O3/c1-11(2)10-27-15-7-6-13(21(22,23)24)9-14(15)17(28)16(20(27)30)19(29)26-18-12(3)5-4-8-25-18/h4-9,11,28H,10H2,1-3H3,(H,25,26,29). The summed E-state index contributed by atoms with van der Waals surface area (Å²) in [7, 11) is 0. The molecule has 0 radical (unpaired) electrons. The number of aromatic nitrogens is 2. The first kappa shape index (κ1) is 21.4. The van der Waals surface area contributed by atoms with Crippen LogP contribution in [0.4, 0.5) is 19.0 Å². The van der Waals surface area contributed by atoms with Gasteiger partial charge < -0.3 is 15.0 Å². The zero-order chi connectivity index (χ0) is 22.2. The number of carbonyl (C=O) groups excluding carboxylic acids is 1. The number of hydrogen-bond acceptors (Lipinski definition) is 4. The van der Waals surface area contributed by atoms with E-state index in [2.05, 4.69) is 10.3 Å². The van der Waals surface area contributed by atoms with Crippen molar-refractivity contribution < 1.29 is 23.1 Å². The summed E-state index contributed by atoms with van der Waals surface area (Å²) in [6.07, 6.45) is -3.21. The first-order valence-corrected chi connectivity index (χ1v) is 9.20. The van der Waals surface area contributed by atoms with Gasteiger partial charge in [-0.1, -0.05) is 19.9 Å². The van der Waals surface area contributed by atoms with Crippen LogP contribution in [0.25, 0.3) is 10.9 Å². The molecule has 2 aromatic heterocycles. The number of aryl methyl sites for hydroxylation is 1. The summed E-state index contributed by atoms with van der Waals surface area (Å²) in [6.45, 7) is 5.50. The number of alkyl halides is 3. The molecule has 0 unspecified atom stereocenters. The van der Waals surface area contributed by atoms with Crippen molar-refractivity contribution in [3.8, 4) is 5.75 Å². The number of anilines is 1. The Morgan fingerprint density at radius 2 is 1.97 bits per heavy atom. The quantitative estimate of drug-likeness (QED) is 0.659. The monoisotopic (exact) mass is 419 g/mol. The zero-order valence-electron chi connectivity index (χ0n) is 16.5. The number of aromatic hydroxyl groups is 1. The number of carbonyl (C=O) groups is 1. The van der Waals surface area contributed by atoms with Gasteiger partial charge in [-0.2, -0.15) is 13.2 Å². The lowest BCUT2D eigenvalue weighted by Crippen LogP contribution is -2.31. The van der Waals surface area contributed by atoms with Crippen molar-refractivity contribution in [3.63, 3.8) is 0 Å². The van der Waals surface area contributed by atoms with Gasteiger partial charge in [-0.15, -0.1) is 0 Å². The first-order chi connectivity index (χ1) is 14.0. The highest BCUT2D eigenvalue weighted by atomic mass is 19.4. The second-order valence-electron chi connectivity index (χ2n) is 7.39. The molecule has 0 aliphatic rings.